The van der Waals surface area contributed by atoms with Gasteiger partial charge in [-0.15, -0.1) is 0 Å². The van der Waals surface area contributed by atoms with E-state index < -0.39 is 28.4 Å². The van der Waals surface area contributed by atoms with E-state index in [0.717, 1.165) is 12.8 Å². The zero-order valence-corrected chi connectivity index (χ0v) is 16.6. The standard InChI is InChI=1S/C20H21FN6O3/c1-20(2)6-3-7-26-18(30)16(28)15(25-19(20)26)17(29)23-9-12-4-5-13(21)8-14(12)27-11-22-10-24-27/h4-5,8,10-11,28H,3,6-7,9H2,1-2H3,(H,23,29). The molecule has 30 heavy (non-hydrogen) atoms. The molecule has 0 bridgehead atoms. The number of carbonyl (C=O) groups excluding carboxylic acids is 1. The third kappa shape index (κ3) is 3.44. The van der Waals surface area contributed by atoms with Crippen LogP contribution in [-0.2, 0) is 18.5 Å². The maximum absolute atomic E-state index is 13.7. The highest BCUT2D eigenvalue weighted by Gasteiger charge is 2.33. The maximum Gasteiger partial charge on any atom is 0.296 e. The summed E-state index contributed by atoms with van der Waals surface area (Å²) in [4.78, 5) is 33.5. The Kier molecular flexibility index (Phi) is 4.84. The smallest absolute Gasteiger partial charge is 0.296 e. The number of benzene rings is 1. The van der Waals surface area contributed by atoms with Crippen molar-refractivity contribution in [3.8, 4) is 11.4 Å². The second kappa shape index (κ2) is 7.36. The lowest BCUT2D eigenvalue weighted by atomic mass is 9.84. The highest BCUT2D eigenvalue weighted by atomic mass is 19.1. The van der Waals surface area contributed by atoms with Crippen molar-refractivity contribution in [2.45, 2.75) is 45.2 Å². The lowest BCUT2D eigenvalue weighted by Gasteiger charge is -2.32. The summed E-state index contributed by atoms with van der Waals surface area (Å²) in [5.41, 5.74) is -0.341. The van der Waals surface area contributed by atoms with Crippen LogP contribution in [0.3, 0.4) is 0 Å². The Morgan fingerprint density at radius 3 is 2.90 bits per heavy atom. The molecule has 2 N–H and O–H groups in total. The third-order valence-corrected chi connectivity index (χ3v) is 5.30. The molecule has 0 unspecified atom stereocenters. The number of nitrogens with zero attached hydrogens (tertiary/aromatic N) is 5. The molecule has 3 aromatic rings. The fourth-order valence-electron chi connectivity index (χ4n) is 3.71. The van der Waals surface area contributed by atoms with Crippen molar-refractivity contribution in [2.75, 3.05) is 0 Å². The summed E-state index contributed by atoms with van der Waals surface area (Å²) >= 11 is 0. The monoisotopic (exact) mass is 412 g/mol. The van der Waals surface area contributed by atoms with Gasteiger partial charge < -0.3 is 10.4 Å². The van der Waals surface area contributed by atoms with Crippen molar-refractivity contribution in [1.82, 2.24) is 29.6 Å². The summed E-state index contributed by atoms with van der Waals surface area (Å²) in [5.74, 6) is -1.35. The first-order chi connectivity index (χ1) is 14.3. The molecule has 10 heteroatoms. The molecule has 1 aliphatic heterocycles. The Bertz CT molecular complexity index is 1170. The minimum Gasteiger partial charge on any atom is -0.501 e. The second-order valence-corrected chi connectivity index (χ2v) is 7.87. The number of amides is 1. The average Bonchev–Trinajstić information content (AvgIpc) is 3.24. The predicted molar refractivity (Wildman–Crippen MR) is 105 cm³/mol. The van der Waals surface area contributed by atoms with Crippen LogP contribution >= 0.6 is 0 Å². The molecule has 9 nitrogen and oxygen atoms in total. The number of hydrogen-bond donors (Lipinski definition) is 2. The molecule has 1 amide bonds. The Balaban J connectivity index is 1.64. The molecule has 0 fully saturated rings. The van der Waals surface area contributed by atoms with Crippen molar-refractivity contribution in [2.24, 2.45) is 0 Å². The largest absolute Gasteiger partial charge is 0.501 e. The molecule has 4 rings (SSSR count). The summed E-state index contributed by atoms with van der Waals surface area (Å²) in [6, 6.07) is 4.07. The van der Waals surface area contributed by atoms with Gasteiger partial charge in [0.05, 0.1) is 5.69 Å². The number of fused-ring (bicyclic) bond motifs is 1. The van der Waals surface area contributed by atoms with Crippen LogP contribution < -0.4 is 10.9 Å². The summed E-state index contributed by atoms with van der Waals surface area (Å²) in [5, 5.41) is 16.9. The molecule has 0 saturated heterocycles. The number of aromatic nitrogens is 5. The van der Waals surface area contributed by atoms with E-state index in [9.17, 15) is 19.1 Å². The molecule has 0 atom stereocenters. The van der Waals surface area contributed by atoms with Crippen LogP contribution in [0.2, 0.25) is 0 Å². The van der Waals surface area contributed by atoms with E-state index in [1.807, 2.05) is 13.8 Å². The van der Waals surface area contributed by atoms with E-state index >= 15 is 0 Å². The quantitative estimate of drug-likeness (QED) is 0.674. The number of aromatic hydroxyl groups is 1. The van der Waals surface area contributed by atoms with Gasteiger partial charge in [0.1, 0.15) is 24.3 Å². The number of rotatable bonds is 4. The maximum atomic E-state index is 13.7. The van der Waals surface area contributed by atoms with Crippen LogP contribution in [0.1, 0.15) is 48.6 Å². The van der Waals surface area contributed by atoms with E-state index in [2.05, 4.69) is 20.4 Å². The number of halogens is 1. The Hall–Kier alpha value is -3.56. The van der Waals surface area contributed by atoms with Gasteiger partial charge in [-0.2, -0.15) is 5.10 Å². The van der Waals surface area contributed by atoms with Crippen molar-refractivity contribution >= 4 is 5.91 Å². The molecule has 0 spiro atoms. The highest BCUT2D eigenvalue weighted by Crippen LogP contribution is 2.31. The molecule has 0 radical (unpaired) electrons. The van der Waals surface area contributed by atoms with E-state index in [1.54, 1.807) is 0 Å². The van der Waals surface area contributed by atoms with E-state index in [0.29, 0.717) is 23.6 Å². The number of hydrogen-bond acceptors (Lipinski definition) is 6. The third-order valence-electron chi connectivity index (χ3n) is 5.30. The fourth-order valence-corrected chi connectivity index (χ4v) is 3.71. The summed E-state index contributed by atoms with van der Waals surface area (Å²) in [7, 11) is 0. The van der Waals surface area contributed by atoms with E-state index in [1.165, 1.54) is 40.1 Å². The van der Waals surface area contributed by atoms with E-state index in [-0.39, 0.29) is 12.2 Å². The second-order valence-electron chi connectivity index (χ2n) is 7.87. The van der Waals surface area contributed by atoms with Gasteiger partial charge in [0.15, 0.2) is 5.69 Å². The number of nitrogens with one attached hydrogen (secondary N) is 1. The van der Waals surface area contributed by atoms with Gasteiger partial charge in [0.2, 0.25) is 5.75 Å². The summed E-state index contributed by atoms with van der Waals surface area (Å²) in [6.07, 6.45) is 4.35. The summed E-state index contributed by atoms with van der Waals surface area (Å²) in [6.45, 7) is 4.37. The zero-order chi connectivity index (χ0) is 21.5. The first-order valence-electron chi connectivity index (χ1n) is 9.54. The van der Waals surface area contributed by atoms with Crippen molar-refractivity contribution in [3.05, 3.63) is 64.1 Å². The van der Waals surface area contributed by atoms with Crippen molar-refractivity contribution < 1.29 is 14.3 Å². The number of carbonyl (C=O) groups is 1. The lowest BCUT2D eigenvalue weighted by molar-refractivity contribution is 0.0940. The molecular weight excluding hydrogens is 391 g/mol. The van der Waals surface area contributed by atoms with E-state index in [4.69, 9.17) is 0 Å². The van der Waals surface area contributed by atoms with Crippen LogP contribution in [0.25, 0.3) is 5.69 Å². The first-order valence-corrected chi connectivity index (χ1v) is 9.54. The van der Waals surface area contributed by atoms with Crippen LogP contribution in [0.4, 0.5) is 4.39 Å². The van der Waals surface area contributed by atoms with Gasteiger partial charge in [-0.05, 0) is 30.5 Å². The van der Waals surface area contributed by atoms with Crippen molar-refractivity contribution in [3.63, 3.8) is 0 Å². The minimum absolute atomic E-state index is 0.0111. The predicted octanol–water partition coefficient (Wildman–Crippen LogP) is 1.67. The Morgan fingerprint density at radius 2 is 2.17 bits per heavy atom. The zero-order valence-electron chi connectivity index (χ0n) is 16.6. The van der Waals surface area contributed by atoms with Crippen LogP contribution in [-0.4, -0.2) is 35.3 Å². The molecular formula is C20H21FN6O3. The van der Waals surface area contributed by atoms with Crippen molar-refractivity contribution in [1.29, 1.82) is 0 Å². The topological polar surface area (TPSA) is 115 Å². The van der Waals surface area contributed by atoms with Gasteiger partial charge in [-0.25, -0.2) is 19.0 Å². The van der Waals surface area contributed by atoms with Gasteiger partial charge >= 0.3 is 0 Å². The molecule has 0 saturated carbocycles. The molecule has 0 aliphatic carbocycles. The van der Waals surface area contributed by atoms with Gasteiger partial charge in [-0.3, -0.25) is 14.2 Å². The molecule has 1 aromatic carbocycles. The van der Waals surface area contributed by atoms with Crippen LogP contribution in [0.5, 0.6) is 5.75 Å². The molecule has 156 valence electrons. The fraction of sp³-hybridized carbons (Fsp3) is 0.350. The highest BCUT2D eigenvalue weighted by molar-refractivity contribution is 5.94. The van der Waals surface area contributed by atoms with Crippen LogP contribution in [0.15, 0.2) is 35.6 Å². The minimum atomic E-state index is -0.691. The Morgan fingerprint density at radius 1 is 1.37 bits per heavy atom. The summed E-state index contributed by atoms with van der Waals surface area (Å²) < 4.78 is 16.5. The average molecular weight is 412 g/mol. The molecule has 1 aliphatic rings. The molecule has 3 heterocycles. The van der Waals surface area contributed by atoms with Gasteiger partial charge in [-0.1, -0.05) is 19.9 Å². The lowest BCUT2D eigenvalue weighted by Crippen LogP contribution is -2.39. The Labute approximate surface area is 171 Å². The van der Waals surface area contributed by atoms with Crippen LogP contribution in [0, 0.1) is 5.82 Å². The normalized spacial score (nSPS) is 14.9. The first kappa shape index (κ1) is 19.7. The van der Waals surface area contributed by atoms with Gasteiger partial charge in [0.25, 0.3) is 11.5 Å². The molecule has 2 aromatic heterocycles. The van der Waals surface area contributed by atoms with Gasteiger partial charge in [0, 0.05) is 18.5 Å². The SMILES string of the molecule is CC1(C)CCCn2c1nc(C(=O)NCc1ccc(F)cc1-n1cncn1)c(O)c2=O.